The number of nitrogens with zero attached hydrogens (tertiary/aromatic N) is 1. The van der Waals surface area contributed by atoms with Gasteiger partial charge in [0.1, 0.15) is 0 Å². The van der Waals surface area contributed by atoms with E-state index >= 15 is 0 Å². The molecule has 0 spiro atoms. The van der Waals surface area contributed by atoms with Crippen LogP contribution in [0, 0.1) is 12.8 Å². The normalized spacial score (nSPS) is 17.6. The lowest BCUT2D eigenvalue weighted by atomic mass is 9.94. The minimum Gasteiger partial charge on any atom is -0.356 e. The first-order chi connectivity index (χ1) is 14.5. The standard InChI is InChI=1S/C24H32N2O3S/c1-20-9-5-6-14-23(20)30(28,29)26-18-8-13-22(19-26)15-16-24(27)25-17-7-12-21-10-3-2-4-11-21/h2-6,9-11,14,22H,7-8,12-13,15-19H2,1H3,(H,25,27). The van der Waals surface area contributed by atoms with Crippen LogP contribution in [0.25, 0.3) is 0 Å². The van der Waals surface area contributed by atoms with Gasteiger partial charge in [0, 0.05) is 26.1 Å². The third-order valence-electron chi connectivity index (χ3n) is 5.78. The third kappa shape index (κ3) is 6.16. The van der Waals surface area contributed by atoms with Crippen LogP contribution in [0.1, 0.15) is 43.2 Å². The Morgan fingerprint density at radius 2 is 1.83 bits per heavy atom. The van der Waals surface area contributed by atoms with Gasteiger partial charge in [-0.1, -0.05) is 48.5 Å². The number of carbonyl (C=O) groups excluding carboxylic acids is 1. The Bertz CT molecular complexity index is 928. The maximum Gasteiger partial charge on any atom is 0.243 e. The van der Waals surface area contributed by atoms with Crippen molar-refractivity contribution in [1.29, 1.82) is 0 Å². The van der Waals surface area contributed by atoms with E-state index in [4.69, 9.17) is 0 Å². The SMILES string of the molecule is Cc1ccccc1S(=O)(=O)N1CCCC(CCC(=O)NCCCc2ccccc2)C1. The largest absolute Gasteiger partial charge is 0.356 e. The summed E-state index contributed by atoms with van der Waals surface area (Å²) in [6, 6.07) is 17.4. The van der Waals surface area contributed by atoms with Gasteiger partial charge in [0.2, 0.25) is 15.9 Å². The first-order valence-corrected chi connectivity index (χ1v) is 12.3. The molecule has 1 fully saturated rings. The van der Waals surface area contributed by atoms with Crippen LogP contribution in [0.3, 0.4) is 0 Å². The van der Waals surface area contributed by atoms with Crippen LogP contribution in [0.2, 0.25) is 0 Å². The van der Waals surface area contributed by atoms with E-state index in [0.29, 0.717) is 31.0 Å². The van der Waals surface area contributed by atoms with Crippen LogP contribution >= 0.6 is 0 Å². The lowest BCUT2D eigenvalue weighted by Crippen LogP contribution is -2.40. The van der Waals surface area contributed by atoms with Gasteiger partial charge in [0.15, 0.2) is 0 Å². The number of nitrogens with one attached hydrogen (secondary N) is 1. The lowest BCUT2D eigenvalue weighted by molar-refractivity contribution is -0.121. The number of sulfonamides is 1. The molecule has 1 N–H and O–H groups in total. The molecule has 6 heteroatoms. The molecule has 2 aromatic carbocycles. The van der Waals surface area contributed by atoms with Crippen molar-refractivity contribution in [3.05, 3.63) is 65.7 Å². The van der Waals surface area contributed by atoms with E-state index in [2.05, 4.69) is 17.4 Å². The second kappa shape index (κ2) is 10.7. The van der Waals surface area contributed by atoms with Crippen molar-refractivity contribution in [2.45, 2.75) is 50.3 Å². The van der Waals surface area contributed by atoms with Crippen molar-refractivity contribution in [3.63, 3.8) is 0 Å². The summed E-state index contributed by atoms with van der Waals surface area (Å²) in [4.78, 5) is 12.6. The summed E-state index contributed by atoms with van der Waals surface area (Å²) < 4.78 is 27.7. The monoisotopic (exact) mass is 428 g/mol. The summed E-state index contributed by atoms with van der Waals surface area (Å²) in [6.45, 7) is 3.55. The fourth-order valence-corrected chi connectivity index (χ4v) is 5.83. The predicted molar refractivity (Wildman–Crippen MR) is 120 cm³/mol. The van der Waals surface area contributed by atoms with Crippen molar-refractivity contribution in [3.8, 4) is 0 Å². The van der Waals surface area contributed by atoms with Crippen LogP contribution in [0.4, 0.5) is 0 Å². The highest BCUT2D eigenvalue weighted by Gasteiger charge is 2.31. The van der Waals surface area contributed by atoms with Gasteiger partial charge in [-0.15, -0.1) is 0 Å². The van der Waals surface area contributed by atoms with E-state index in [1.165, 1.54) is 5.56 Å². The number of amides is 1. The molecule has 2 aromatic rings. The molecule has 3 rings (SSSR count). The molecule has 0 aromatic heterocycles. The molecule has 1 atom stereocenters. The highest BCUT2D eigenvalue weighted by Crippen LogP contribution is 2.27. The number of hydrogen-bond donors (Lipinski definition) is 1. The molecule has 1 saturated heterocycles. The average Bonchev–Trinajstić information content (AvgIpc) is 2.76. The molecular formula is C24H32N2O3S. The van der Waals surface area contributed by atoms with Crippen molar-refractivity contribution >= 4 is 15.9 Å². The Labute approximate surface area is 180 Å². The Hall–Kier alpha value is -2.18. The summed E-state index contributed by atoms with van der Waals surface area (Å²) >= 11 is 0. The fourth-order valence-electron chi connectivity index (χ4n) is 4.05. The first-order valence-electron chi connectivity index (χ1n) is 10.8. The van der Waals surface area contributed by atoms with Gasteiger partial charge in [-0.05, 0) is 62.1 Å². The molecule has 1 heterocycles. The van der Waals surface area contributed by atoms with E-state index < -0.39 is 10.0 Å². The second-order valence-electron chi connectivity index (χ2n) is 8.11. The molecule has 5 nitrogen and oxygen atoms in total. The molecule has 1 aliphatic heterocycles. The van der Waals surface area contributed by atoms with Crippen molar-refractivity contribution < 1.29 is 13.2 Å². The van der Waals surface area contributed by atoms with Gasteiger partial charge in [-0.25, -0.2) is 8.42 Å². The van der Waals surface area contributed by atoms with Crippen LogP contribution in [-0.4, -0.2) is 38.3 Å². The molecule has 162 valence electrons. The molecular weight excluding hydrogens is 396 g/mol. The molecule has 0 aliphatic carbocycles. The first kappa shape index (κ1) is 22.5. The maximum absolute atomic E-state index is 13.0. The highest BCUT2D eigenvalue weighted by atomic mass is 32.2. The quantitative estimate of drug-likeness (QED) is 0.616. The van der Waals surface area contributed by atoms with E-state index in [-0.39, 0.29) is 11.8 Å². The summed E-state index contributed by atoms with van der Waals surface area (Å²) in [6.07, 6.45) is 4.87. The maximum atomic E-state index is 13.0. The zero-order chi connectivity index (χ0) is 21.4. The van der Waals surface area contributed by atoms with E-state index in [1.807, 2.05) is 37.3 Å². The highest BCUT2D eigenvalue weighted by molar-refractivity contribution is 7.89. The van der Waals surface area contributed by atoms with Gasteiger partial charge in [0.25, 0.3) is 0 Å². The zero-order valence-corrected chi connectivity index (χ0v) is 18.5. The molecule has 0 saturated carbocycles. The molecule has 0 radical (unpaired) electrons. The van der Waals surface area contributed by atoms with Gasteiger partial charge >= 0.3 is 0 Å². The van der Waals surface area contributed by atoms with Gasteiger partial charge in [0.05, 0.1) is 4.90 Å². The summed E-state index contributed by atoms with van der Waals surface area (Å²) in [5.74, 6) is 0.287. The van der Waals surface area contributed by atoms with Crippen LogP contribution < -0.4 is 5.32 Å². The number of hydrogen-bond acceptors (Lipinski definition) is 3. The number of piperidine rings is 1. The fraction of sp³-hybridized carbons (Fsp3) is 0.458. The average molecular weight is 429 g/mol. The molecule has 1 aliphatic rings. The number of rotatable bonds is 9. The van der Waals surface area contributed by atoms with E-state index in [1.54, 1.807) is 16.4 Å². The summed E-state index contributed by atoms with van der Waals surface area (Å²) in [5, 5.41) is 3.00. The Morgan fingerprint density at radius 3 is 2.60 bits per heavy atom. The minimum absolute atomic E-state index is 0.0574. The molecule has 30 heavy (non-hydrogen) atoms. The van der Waals surface area contributed by atoms with Crippen LogP contribution in [0.15, 0.2) is 59.5 Å². The van der Waals surface area contributed by atoms with Crippen LogP contribution in [0.5, 0.6) is 0 Å². The van der Waals surface area contributed by atoms with Crippen LogP contribution in [-0.2, 0) is 21.2 Å². The Kier molecular flexibility index (Phi) is 8.05. The topological polar surface area (TPSA) is 66.5 Å². The smallest absolute Gasteiger partial charge is 0.243 e. The molecule has 0 bridgehead atoms. The number of carbonyl (C=O) groups is 1. The third-order valence-corrected chi connectivity index (χ3v) is 7.81. The lowest BCUT2D eigenvalue weighted by Gasteiger charge is -2.32. The number of aryl methyl sites for hydroxylation is 2. The van der Waals surface area contributed by atoms with E-state index in [9.17, 15) is 13.2 Å². The number of benzene rings is 2. The molecule has 1 amide bonds. The van der Waals surface area contributed by atoms with E-state index in [0.717, 1.165) is 37.7 Å². The van der Waals surface area contributed by atoms with Gasteiger partial charge in [-0.3, -0.25) is 4.79 Å². The molecule has 1 unspecified atom stereocenters. The van der Waals surface area contributed by atoms with Crippen molar-refractivity contribution in [2.75, 3.05) is 19.6 Å². The Morgan fingerprint density at radius 1 is 1.10 bits per heavy atom. The van der Waals surface area contributed by atoms with Gasteiger partial charge in [-0.2, -0.15) is 4.31 Å². The van der Waals surface area contributed by atoms with Crippen molar-refractivity contribution in [2.24, 2.45) is 5.92 Å². The summed E-state index contributed by atoms with van der Waals surface area (Å²) in [5.41, 5.74) is 2.05. The van der Waals surface area contributed by atoms with Gasteiger partial charge < -0.3 is 5.32 Å². The van der Waals surface area contributed by atoms with Crippen molar-refractivity contribution in [1.82, 2.24) is 9.62 Å². The summed E-state index contributed by atoms with van der Waals surface area (Å²) in [7, 11) is -3.48. The Balaban J connectivity index is 1.42. The minimum atomic E-state index is -3.48. The predicted octanol–water partition coefficient (Wildman–Crippen LogP) is 3.92. The zero-order valence-electron chi connectivity index (χ0n) is 17.7. The second-order valence-corrected chi connectivity index (χ2v) is 10.0.